The Hall–Kier alpha value is -3.41. The zero-order chi connectivity index (χ0) is 20.8. The first-order valence-electron chi connectivity index (χ1n) is 10.4. The average molecular weight is 402 g/mol. The fraction of sp³-hybridized carbons (Fsp3) is 0.292. The lowest BCUT2D eigenvalue weighted by atomic mass is 9.98. The van der Waals surface area contributed by atoms with Crippen molar-refractivity contribution in [1.29, 1.82) is 0 Å². The molecule has 3 aromatic rings. The van der Waals surface area contributed by atoms with E-state index in [9.17, 15) is 9.59 Å². The quantitative estimate of drug-likeness (QED) is 0.629. The maximum atomic E-state index is 12.3. The highest BCUT2D eigenvalue weighted by Gasteiger charge is 2.20. The Labute approximate surface area is 176 Å². The normalized spacial score (nSPS) is 13.6. The molecule has 2 amide bonds. The van der Waals surface area contributed by atoms with Gasteiger partial charge in [-0.3, -0.25) is 14.3 Å². The number of carbonyl (C=O) groups is 2. The van der Waals surface area contributed by atoms with Crippen molar-refractivity contribution < 1.29 is 9.59 Å². The number of hydrogen-bond donors (Lipinski definition) is 1. The van der Waals surface area contributed by atoms with Crippen molar-refractivity contribution in [2.75, 3.05) is 13.1 Å². The van der Waals surface area contributed by atoms with Gasteiger partial charge in [-0.25, -0.2) is 0 Å². The molecule has 6 heteroatoms. The lowest BCUT2D eigenvalue weighted by Crippen LogP contribution is -2.31. The zero-order valence-electron chi connectivity index (χ0n) is 17.0. The molecule has 0 radical (unpaired) electrons. The van der Waals surface area contributed by atoms with Gasteiger partial charge in [0.1, 0.15) is 0 Å². The molecule has 1 N–H and O–H groups in total. The minimum atomic E-state index is -0.0286. The Morgan fingerprint density at radius 2 is 1.90 bits per heavy atom. The molecule has 1 aliphatic heterocycles. The first kappa shape index (κ1) is 19.9. The molecule has 0 unspecified atom stereocenters. The lowest BCUT2D eigenvalue weighted by molar-refractivity contribution is -0.128. The van der Waals surface area contributed by atoms with Crippen molar-refractivity contribution in [3.63, 3.8) is 0 Å². The van der Waals surface area contributed by atoms with Gasteiger partial charge in [0.25, 0.3) is 0 Å². The van der Waals surface area contributed by atoms with Crippen LogP contribution in [0.4, 0.5) is 0 Å². The van der Waals surface area contributed by atoms with Crippen LogP contribution < -0.4 is 5.32 Å². The highest BCUT2D eigenvalue weighted by atomic mass is 16.2. The highest BCUT2D eigenvalue weighted by molar-refractivity contribution is 5.80. The SMILES string of the molecule is O=C(CCN1CCCC1=O)NCc1ccccc1-c1ccc(Cn2cccn2)cc1. The largest absolute Gasteiger partial charge is 0.352 e. The predicted octanol–water partition coefficient (Wildman–Crippen LogP) is 3.23. The topological polar surface area (TPSA) is 67.2 Å². The fourth-order valence-electron chi connectivity index (χ4n) is 3.79. The van der Waals surface area contributed by atoms with E-state index in [1.807, 2.05) is 35.1 Å². The number of nitrogens with one attached hydrogen (secondary N) is 1. The van der Waals surface area contributed by atoms with Crippen LogP contribution in [0.1, 0.15) is 30.4 Å². The minimum Gasteiger partial charge on any atom is -0.352 e. The lowest BCUT2D eigenvalue weighted by Gasteiger charge is -2.15. The number of carbonyl (C=O) groups excluding carboxylic acids is 2. The first-order valence-corrected chi connectivity index (χ1v) is 10.4. The summed E-state index contributed by atoms with van der Waals surface area (Å²) in [5.74, 6) is 0.128. The minimum absolute atomic E-state index is 0.0286. The molecule has 2 heterocycles. The van der Waals surface area contributed by atoms with Crippen molar-refractivity contribution in [1.82, 2.24) is 20.0 Å². The molecule has 4 rings (SSSR count). The third-order valence-electron chi connectivity index (χ3n) is 5.44. The molecule has 2 aromatic carbocycles. The summed E-state index contributed by atoms with van der Waals surface area (Å²) in [5, 5.41) is 7.25. The molecule has 6 nitrogen and oxygen atoms in total. The van der Waals surface area contributed by atoms with E-state index in [4.69, 9.17) is 0 Å². The van der Waals surface area contributed by atoms with Crippen molar-refractivity contribution in [2.45, 2.75) is 32.4 Å². The van der Waals surface area contributed by atoms with Crippen LogP contribution in [0.2, 0.25) is 0 Å². The van der Waals surface area contributed by atoms with Crippen LogP contribution in [0.25, 0.3) is 11.1 Å². The molecule has 0 saturated carbocycles. The summed E-state index contributed by atoms with van der Waals surface area (Å²) in [6.45, 7) is 2.48. The van der Waals surface area contributed by atoms with E-state index in [1.165, 1.54) is 5.56 Å². The van der Waals surface area contributed by atoms with Crippen LogP contribution in [-0.2, 0) is 22.7 Å². The summed E-state index contributed by atoms with van der Waals surface area (Å²) in [5.41, 5.74) is 4.48. The second kappa shape index (κ2) is 9.39. The average Bonchev–Trinajstić information content (AvgIpc) is 3.43. The molecular formula is C24H26N4O2. The van der Waals surface area contributed by atoms with Gasteiger partial charge in [0.2, 0.25) is 11.8 Å². The molecule has 1 aromatic heterocycles. The second-order valence-electron chi connectivity index (χ2n) is 7.57. The van der Waals surface area contributed by atoms with E-state index in [0.29, 0.717) is 25.9 Å². The van der Waals surface area contributed by atoms with Crippen molar-refractivity contribution in [3.05, 3.63) is 78.1 Å². The third kappa shape index (κ3) is 4.95. The van der Waals surface area contributed by atoms with E-state index < -0.39 is 0 Å². The van der Waals surface area contributed by atoms with Crippen LogP contribution in [-0.4, -0.2) is 39.6 Å². The number of rotatable bonds is 8. The number of nitrogens with zero attached hydrogens (tertiary/aromatic N) is 3. The molecule has 154 valence electrons. The molecule has 0 spiro atoms. The van der Waals surface area contributed by atoms with E-state index in [2.05, 4.69) is 40.7 Å². The van der Waals surface area contributed by atoms with Gasteiger partial charge >= 0.3 is 0 Å². The van der Waals surface area contributed by atoms with Crippen LogP contribution in [0.15, 0.2) is 67.0 Å². The summed E-state index contributed by atoms with van der Waals surface area (Å²) >= 11 is 0. The summed E-state index contributed by atoms with van der Waals surface area (Å²) in [7, 11) is 0. The Morgan fingerprint density at radius 1 is 1.07 bits per heavy atom. The van der Waals surface area contributed by atoms with Gasteiger partial charge in [0.05, 0.1) is 6.54 Å². The number of hydrogen-bond acceptors (Lipinski definition) is 3. The summed E-state index contributed by atoms with van der Waals surface area (Å²) in [4.78, 5) is 25.7. The molecule has 0 atom stereocenters. The standard InChI is InChI=1S/C24H26N4O2/c29-23(12-16-27-14-3-7-24(27)30)25-17-21-5-1-2-6-22(21)20-10-8-19(9-11-20)18-28-15-4-13-26-28/h1-2,4-6,8-11,13,15H,3,7,12,14,16-18H2,(H,25,29). The number of likely N-dealkylation sites (tertiary alicyclic amines) is 1. The maximum absolute atomic E-state index is 12.3. The van der Waals surface area contributed by atoms with Gasteiger partial charge in [-0.1, -0.05) is 48.5 Å². The molecule has 1 aliphatic rings. The third-order valence-corrected chi connectivity index (χ3v) is 5.44. The zero-order valence-corrected chi connectivity index (χ0v) is 17.0. The van der Waals surface area contributed by atoms with Crippen LogP contribution >= 0.6 is 0 Å². The fourth-order valence-corrected chi connectivity index (χ4v) is 3.79. The smallest absolute Gasteiger partial charge is 0.222 e. The highest BCUT2D eigenvalue weighted by Crippen LogP contribution is 2.24. The van der Waals surface area contributed by atoms with Crippen LogP contribution in [0.3, 0.4) is 0 Å². The Balaban J connectivity index is 1.36. The summed E-state index contributed by atoms with van der Waals surface area (Å²) in [6, 6.07) is 18.5. The van der Waals surface area contributed by atoms with Crippen LogP contribution in [0, 0.1) is 0 Å². The van der Waals surface area contributed by atoms with E-state index in [-0.39, 0.29) is 11.8 Å². The molecule has 0 bridgehead atoms. The Morgan fingerprint density at radius 3 is 2.63 bits per heavy atom. The van der Waals surface area contributed by atoms with E-state index >= 15 is 0 Å². The van der Waals surface area contributed by atoms with Gasteiger partial charge in [-0.15, -0.1) is 0 Å². The van der Waals surface area contributed by atoms with Gasteiger partial charge < -0.3 is 10.2 Å². The molecule has 1 fully saturated rings. The molecule has 30 heavy (non-hydrogen) atoms. The van der Waals surface area contributed by atoms with E-state index in [1.54, 1.807) is 11.1 Å². The molecular weight excluding hydrogens is 376 g/mol. The number of benzene rings is 2. The monoisotopic (exact) mass is 402 g/mol. The number of amides is 2. The van der Waals surface area contributed by atoms with E-state index in [0.717, 1.165) is 36.2 Å². The Kier molecular flexibility index (Phi) is 6.23. The van der Waals surface area contributed by atoms with Crippen molar-refractivity contribution in [2.24, 2.45) is 0 Å². The van der Waals surface area contributed by atoms with Crippen molar-refractivity contribution >= 4 is 11.8 Å². The van der Waals surface area contributed by atoms with Gasteiger partial charge in [0, 0.05) is 44.9 Å². The van der Waals surface area contributed by atoms with Crippen LogP contribution in [0.5, 0.6) is 0 Å². The molecule has 0 aliphatic carbocycles. The summed E-state index contributed by atoms with van der Waals surface area (Å²) < 4.78 is 1.90. The second-order valence-corrected chi connectivity index (χ2v) is 7.57. The van der Waals surface area contributed by atoms with Gasteiger partial charge in [-0.2, -0.15) is 5.10 Å². The van der Waals surface area contributed by atoms with Gasteiger partial charge in [0.15, 0.2) is 0 Å². The predicted molar refractivity (Wildman–Crippen MR) is 115 cm³/mol. The first-order chi connectivity index (χ1) is 14.7. The maximum Gasteiger partial charge on any atom is 0.222 e. The summed E-state index contributed by atoms with van der Waals surface area (Å²) in [6.07, 6.45) is 5.58. The van der Waals surface area contributed by atoms with Gasteiger partial charge in [-0.05, 0) is 34.7 Å². The Bertz CT molecular complexity index is 996. The molecule has 1 saturated heterocycles. The van der Waals surface area contributed by atoms with Crippen molar-refractivity contribution in [3.8, 4) is 11.1 Å². The number of aromatic nitrogens is 2.